The fourth-order valence-electron chi connectivity index (χ4n) is 2.89. The summed E-state index contributed by atoms with van der Waals surface area (Å²) in [4.78, 5) is 26.4. The number of rotatable bonds is 5. The number of likely N-dealkylation sites (tertiary alicyclic amines) is 1. The first-order chi connectivity index (χ1) is 10.9. The van der Waals surface area contributed by atoms with Crippen LogP contribution in [0.4, 0.5) is 5.82 Å². The van der Waals surface area contributed by atoms with Gasteiger partial charge in [0.25, 0.3) is 0 Å². The van der Waals surface area contributed by atoms with Crippen LogP contribution in [-0.4, -0.2) is 39.6 Å². The van der Waals surface area contributed by atoms with Crippen LogP contribution in [0.3, 0.4) is 0 Å². The number of anilines is 1. The highest BCUT2D eigenvalue weighted by atomic mass is 16.2. The SMILES string of the molecule is CCC(C)n1nccc1NC(=O)C1CCN(C(=O)C(C)C)CC1. The van der Waals surface area contributed by atoms with E-state index in [1.165, 1.54) is 0 Å². The van der Waals surface area contributed by atoms with E-state index in [-0.39, 0.29) is 29.7 Å². The van der Waals surface area contributed by atoms with Gasteiger partial charge in [-0.05, 0) is 26.2 Å². The Morgan fingerprint density at radius 2 is 1.96 bits per heavy atom. The lowest BCUT2D eigenvalue weighted by Crippen LogP contribution is -2.43. The molecule has 1 aromatic heterocycles. The van der Waals surface area contributed by atoms with Gasteiger partial charge >= 0.3 is 0 Å². The highest BCUT2D eigenvalue weighted by molar-refractivity contribution is 5.92. The number of carbonyl (C=O) groups excluding carboxylic acids is 2. The van der Waals surface area contributed by atoms with Crippen LogP contribution in [-0.2, 0) is 9.59 Å². The molecule has 6 heteroatoms. The molecule has 1 aromatic rings. The molecule has 0 bridgehead atoms. The molecular weight excluding hydrogens is 292 g/mol. The van der Waals surface area contributed by atoms with Gasteiger partial charge in [0, 0.05) is 31.0 Å². The average Bonchev–Trinajstić information content (AvgIpc) is 3.01. The molecule has 1 saturated heterocycles. The third-order valence-electron chi connectivity index (χ3n) is 4.60. The quantitative estimate of drug-likeness (QED) is 0.907. The fourth-order valence-corrected chi connectivity index (χ4v) is 2.89. The molecule has 2 amide bonds. The van der Waals surface area contributed by atoms with Crippen molar-refractivity contribution in [2.24, 2.45) is 11.8 Å². The van der Waals surface area contributed by atoms with Gasteiger partial charge in [-0.3, -0.25) is 9.59 Å². The van der Waals surface area contributed by atoms with E-state index in [1.807, 2.05) is 29.5 Å². The number of hydrogen-bond acceptors (Lipinski definition) is 3. The molecule has 23 heavy (non-hydrogen) atoms. The minimum absolute atomic E-state index is 0.0188. The zero-order chi connectivity index (χ0) is 17.0. The lowest BCUT2D eigenvalue weighted by Gasteiger charge is -2.32. The second-order valence-electron chi connectivity index (χ2n) is 6.66. The van der Waals surface area contributed by atoms with E-state index in [0.29, 0.717) is 13.1 Å². The summed E-state index contributed by atoms with van der Waals surface area (Å²) in [5.41, 5.74) is 0. The first-order valence-electron chi connectivity index (χ1n) is 8.57. The monoisotopic (exact) mass is 320 g/mol. The maximum atomic E-state index is 12.5. The first kappa shape index (κ1) is 17.5. The molecule has 6 nitrogen and oxygen atoms in total. The van der Waals surface area contributed by atoms with Gasteiger partial charge in [0.1, 0.15) is 5.82 Å². The number of nitrogens with one attached hydrogen (secondary N) is 1. The third kappa shape index (κ3) is 4.12. The molecule has 1 atom stereocenters. The summed E-state index contributed by atoms with van der Waals surface area (Å²) in [5.74, 6) is 0.951. The first-order valence-corrected chi connectivity index (χ1v) is 8.57. The van der Waals surface area contributed by atoms with Crippen LogP contribution >= 0.6 is 0 Å². The lowest BCUT2D eigenvalue weighted by molar-refractivity contribution is -0.137. The van der Waals surface area contributed by atoms with Gasteiger partial charge in [0.15, 0.2) is 0 Å². The zero-order valence-electron chi connectivity index (χ0n) is 14.6. The minimum atomic E-state index is -0.0357. The van der Waals surface area contributed by atoms with Crippen LogP contribution in [0.15, 0.2) is 12.3 Å². The van der Waals surface area contributed by atoms with Crippen LogP contribution in [0.25, 0.3) is 0 Å². The molecule has 1 N–H and O–H groups in total. The Morgan fingerprint density at radius 1 is 1.30 bits per heavy atom. The molecule has 1 unspecified atom stereocenters. The Morgan fingerprint density at radius 3 is 2.52 bits per heavy atom. The molecule has 0 saturated carbocycles. The minimum Gasteiger partial charge on any atom is -0.342 e. The van der Waals surface area contributed by atoms with E-state index < -0.39 is 0 Å². The molecule has 0 aromatic carbocycles. The standard InChI is InChI=1S/C17H28N4O2/c1-5-13(4)21-15(6-9-18-21)19-16(22)14-7-10-20(11-8-14)17(23)12(2)3/h6,9,12-14H,5,7-8,10-11H2,1-4H3,(H,19,22). The number of hydrogen-bond donors (Lipinski definition) is 1. The van der Waals surface area contributed by atoms with Crippen molar-refractivity contribution in [3.8, 4) is 0 Å². The average molecular weight is 320 g/mol. The smallest absolute Gasteiger partial charge is 0.228 e. The zero-order valence-corrected chi connectivity index (χ0v) is 14.6. The second-order valence-corrected chi connectivity index (χ2v) is 6.66. The van der Waals surface area contributed by atoms with Gasteiger partial charge in [0.05, 0.1) is 12.2 Å². The molecule has 1 aliphatic rings. The van der Waals surface area contributed by atoms with Crippen LogP contribution in [0.1, 0.15) is 53.0 Å². The van der Waals surface area contributed by atoms with Crippen molar-refractivity contribution in [3.63, 3.8) is 0 Å². The summed E-state index contributed by atoms with van der Waals surface area (Å²) in [6.45, 7) is 9.34. The van der Waals surface area contributed by atoms with Crippen LogP contribution in [0, 0.1) is 11.8 Å². The van der Waals surface area contributed by atoms with Crippen molar-refractivity contribution in [1.82, 2.24) is 14.7 Å². The topological polar surface area (TPSA) is 67.2 Å². The van der Waals surface area contributed by atoms with Gasteiger partial charge in [-0.25, -0.2) is 4.68 Å². The van der Waals surface area contributed by atoms with Crippen molar-refractivity contribution in [1.29, 1.82) is 0 Å². The Balaban J connectivity index is 1.91. The van der Waals surface area contributed by atoms with E-state index >= 15 is 0 Å². The van der Waals surface area contributed by atoms with Crippen molar-refractivity contribution in [2.45, 2.75) is 53.0 Å². The number of aromatic nitrogens is 2. The van der Waals surface area contributed by atoms with E-state index in [1.54, 1.807) is 6.20 Å². The fraction of sp³-hybridized carbons (Fsp3) is 0.706. The molecule has 0 aliphatic carbocycles. The predicted octanol–water partition coefficient (Wildman–Crippen LogP) is 2.69. The Hall–Kier alpha value is -1.85. The highest BCUT2D eigenvalue weighted by Crippen LogP contribution is 2.22. The Bertz CT molecular complexity index is 545. The van der Waals surface area contributed by atoms with Crippen molar-refractivity contribution < 1.29 is 9.59 Å². The summed E-state index contributed by atoms with van der Waals surface area (Å²) in [6.07, 6.45) is 4.12. The molecular formula is C17H28N4O2. The number of piperidine rings is 1. The van der Waals surface area contributed by atoms with Crippen molar-refractivity contribution in [3.05, 3.63) is 12.3 Å². The lowest BCUT2D eigenvalue weighted by atomic mass is 9.95. The molecule has 1 aliphatic heterocycles. The summed E-state index contributed by atoms with van der Waals surface area (Å²) in [6, 6.07) is 2.09. The molecule has 2 rings (SSSR count). The Labute approximate surface area is 138 Å². The normalized spacial score (nSPS) is 17.3. The maximum Gasteiger partial charge on any atom is 0.228 e. The van der Waals surface area contributed by atoms with Gasteiger partial charge < -0.3 is 10.2 Å². The number of amides is 2. The van der Waals surface area contributed by atoms with Gasteiger partial charge in [0.2, 0.25) is 11.8 Å². The van der Waals surface area contributed by atoms with Gasteiger partial charge in [-0.2, -0.15) is 5.10 Å². The van der Waals surface area contributed by atoms with Crippen LogP contribution in [0.5, 0.6) is 0 Å². The highest BCUT2D eigenvalue weighted by Gasteiger charge is 2.28. The predicted molar refractivity (Wildman–Crippen MR) is 90.0 cm³/mol. The van der Waals surface area contributed by atoms with Crippen LogP contribution in [0.2, 0.25) is 0 Å². The van der Waals surface area contributed by atoms with E-state index in [0.717, 1.165) is 25.1 Å². The van der Waals surface area contributed by atoms with E-state index in [4.69, 9.17) is 0 Å². The molecule has 2 heterocycles. The van der Waals surface area contributed by atoms with Gasteiger partial charge in [-0.15, -0.1) is 0 Å². The summed E-state index contributed by atoms with van der Waals surface area (Å²) in [7, 11) is 0. The Kier molecular flexibility index (Phi) is 5.80. The van der Waals surface area contributed by atoms with E-state index in [9.17, 15) is 9.59 Å². The maximum absolute atomic E-state index is 12.5. The molecule has 1 fully saturated rings. The van der Waals surface area contributed by atoms with Crippen molar-refractivity contribution in [2.75, 3.05) is 18.4 Å². The van der Waals surface area contributed by atoms with E-state index in [2.05, 4.69) is 24.3 Å². The van der Waals surface area contributed by atoms with Crippen molar-refractivity contribution >= 4 is 17.6 Å². The largest absolute Gasteiger partial charge is 0.342 e. The summed E-state index contributed by atoms with van der Waals surface area (Å²) in [5, 5.41) is 7.29. The summed E-state index contributed by atoms with van der Waals surface area (Å²) < 4.78 is 1.86. The third-order valence-corrected chi connectivity index (χ3v) is 4.60. The number of carbonyl (C=O) groups is 2. The number of nitrogens with zero attached hydrogens (tertiary/aromatic N) is 3. The summed E-state index contributed by atoms with van der Waals surface area (Å²) >= 11 is 0. The molecule has 0 radical (unpaired) electrons. The van der Waals surface area contributed by atoms with Gasteiger partial charge in [-0.1, -0.05) is 20.8 Å². The van der Waals surface area contributed by atoms with Crippen LogP contribution < -0.4 is 5.32 Å². The molecule has 0 spiro atoms. The molecule has 128 valence electrons. The second kappa shape index (κ2) is 7.62.